The molecule has 0 saturated heterocycles. The van der Waals surface area contributed by atoms with Crippen molar-refractivity contribution in [2.24, 2.45) is 0 Å². The van der Waals surface area contributed by atoms with E-state index in [1.807, 2.05) is 31.2 Å². The van der Waals surface area contributed by atoms with Crippen LogP contribution in [0.25, 0.3) is 0 Å². The number of hydrogen-bond donors (Lipinski definition) is 1. The summed E-state index contributed by atoms with van der Waals surface area (Å²) < 4.78 is 0. The number of carbonyl (C=O) groups excluding carboxylic acids is 1. The van der Waals surface area contributed by atoms with Crippen LogP contribution in [0.1, 0.15) is 28.4 Å². The normalized spacial score (nSPS) is 13.7. The summed E-state index contributed by atoms with van der Waals surface area (Å²) in [5.74, 6) is 0.00644. The minimum Gasteiger partial charge on any atom is -0.366 e. The fraction of sp³-hybridized carbons (Fsp3) is 0.278. The Kier molecular flexibility index (Phi) is 3.91. The molecule has 108 valence electrons. The van der Waals surface area contributed by atoms with Gasteiger partial charge in [0, 0.05) is 25.3 Å². The Labute approximate surface area is 125 Å². The Balaban J connectivity index is 1.90. The highest BCUT2D eigenvalue weighted by atomic mass is 16.1. The topological polar surface area (TPSA) is 32.3 Å². The number of hydrogen-bond acceptors (Lipinski definition) is 2. The molecule has 1 aliphatic rings. The maximum atomic E-state index is 12.2. The molecule has 1 heterocycles. The predicted octanol–water partition coefficient (Wildman–Crippen LogP) is 3.00. The maximum absolute atomic E-state index is 12.2. The molecular formula is C18H20N2O. The number of para-hydroxylation sites is 1. The molecule has 21 heavy (non-hydrogen) atoms. The molecule has 0 aromatic heterocycles. The molecule has 2 aromatic rings. The van der Waals surface area contributed by atoms with Crippen LogP contribution in [0.3, 0.4) is 0 Å². The van der Waals surface area contributed by atoms with Gasteiger partial charge in [-0.1, -0.05) is 36.4 Å². The third-order valence-corrected chi connectivity index (χ3v) is 3.96. The molecule has 2 aromatic carbocycles. The van der Waals surface area contributed by atoms with Crippen molar-refractivity contribution in [1.29, 1.82) is 0 Å². The molecule has 0 atom stereocenters. The van der Waals surface area contributed by atoms with E-state index in [4.69, 9.17) is 0 Å². The average Bonchev–Trinajstić information content (AvgIpc) is 2.54. The Bertz CT molecular complexity index is 651. The molecule has 0 unspecified atom stereocenters. The number of amides is 1. The molecule has 0 bridgehead atoms. The van der Waals surface area contributed by atoms with Gasteiger partial charge in [-0.3, -0.25) is 4.79 Å². The molecule has 3 nitrogen and oxygen atoms in total. The summed E-state index contributed by atoms with van der Waals surface area (Å²) in [5, 5.41) is 2.89. The van der Waals surface area contributed by atoms with Crippen LogP contribution in [-0.2, 0) is 13.0 Å². The average molecular weight is 280 g/mol. The summed E-state index contributed by atoms with van der Waals surface area (Å²) in [6.45, 7) is 4.41. The van der Waals surface area contributed by atoms with Crippen molar-refractivity contribution in [1.82, 2.24) is 5.32 Å². The first-order valence-corrected chi connectivity index (χ1v) is 7.48. The molecular weight excluding hydrogens is 260 g/mol. The van der Waals surface area contributed by atoms with Crippen molar-refractivity contribution in [2.75, 3.05) is 18.0 Å². The van der Waals surface area contributed by atoms with Crippen LogP contribution in [0.4, 0.5) is 5.69 Å². The molecule has 1 amide bonds. The minimum absolute atomic E-state index is 0.00644. The zero-order valence-electron chi connectivity index (χ0n) is 12.3. The van der Waals surface area contributed by atoms with Crippen molar-refractivity contribution >= 4 is 11.6 Å². The number of anilines is 1. The van der Waals surface area contributed by atoms with Crippen LogP contribution >= 0.6 is 0 Å². The van der Waals surface area contributed by atoms with Crippen molar-refractivity contribution in [3.8, 4) is 0 Å². The Morgan fingerprint density at radius 1 is 1.10 bits per heavy atom. The van der Waals surface area contributed by atoms with Gasteiger partial charge < -0.3 is 10.2 Å². The van der Waals surface area contributed by atoms with Gasteiger partial charge in [0.2, 0.25) is 0 Å². The molecule has 3 heteroatoms. The van der Waals surface area contributed by atoms with Gasteiger partial charge in [0.1, 0.15) is 0 Å². The fourth-order valence-electron chi connectivity index (χ4n) is 2.90. The van der Waals surface area contributed by atoms with Crippen molar-refractivity contribution in [3.63, 3.8) is 0 Å². The first-order chi connectivity index (χ1) is 10.3. The zero-order valence-corrected chi connectivity index (χ0v) is 12.3. The molecule has 0 spiro atoms. The Morgan fingerprint density at radius 2 is 1.81 bits per heavy atom. The van der Waals surface area contributed by atoms with Crippen LogP contribution in [0.5, 0.6) is 0 Å². The largest absolute Gasteiger partial charge is 0.366 e. The summed E-state index contributed by atoms with van der Waals surface area (Å²) in [4.78, 5) is 14.5. The van der Waals surface area contributed by atoms with Crippen molar-refractivity contribution in [2.45, 2.75) is 19.9 Å². The third kappa shape index (κ3) is 2.77. The fourth-order valence-corrected chi connectivity index (χ4v) is 2.90. The van der Waals surface area contributed by atoms with Crippen LogP contribution in [0, 0.1) is 0 Å². The number of nitrogens with zero attached hydrogens (tertiary/aromatic N) is 1. The van der Waals surface area contributed by atoms with Gasteiger partial charge in [0.05, 0.1) is 5.56 Å². The SMILES string of the molecule is CCNC(=O)c1ccccc1N1CCc2ccccc2C1. The summed E-state index contributed by atoms with van der Waals surface area (Å²) in [6, 6.07) is 16.4. The van der Waals surface area contributed by atoms with Gasteiger partial charge in [-0.25, -0.2) is 0 Å². The van der Waals surface area contributed by atoms with E-state index in [-0.39, 0.29) is 5.91 Å². The van der Waals surface area contributed by atoms with Gasteiger partial charge in [-0.05, 0) is 36.6 Å². The Hall–Kier alpha value is -2.29. The lowest BCUT2D eigenvalue weighted by Crippen LogP contribution is -2.33. The van der Waals surface area contributed by atoms with E-state index in [1.54, 1.807) is 0 Å². The molecule has 3 rings (SSSR count). The van der Waals surface area contributed by atoms with E-state index >= 15 is 0 Å². The quantitative estimate of drug-likeness (QED) is 0.937. The van der Waals surface area contributed by atoms with E-state index in [2.05, 4.69) is 34.5 Å². The molecule has 0 radical (unpaired) electrons. The highest BCUT2D eigenvalue weighted by molar-refractivity contribution is 5.99. The summed E-state index contributed by atoms with van der Waals surface area (Å²) >= 11 is 0. The van der Waals surface area contributed by atoms with Crippen LogP contribution in [0.15, 0.2) is 48.5 Å². The second-order valence-electron chi connectivity index (χ2n) is 5.32. The van der Waals surface area contributed by atoms with E-state index in [0.717, 1.165) is 30.8 Å². The maximum Gasteiger partial charge on any atom is 0.253 e. The number of rotatable bonds is 3. The van der Waals surface area contributed by atoms with Gasteiger partial charge in [-0.2, -0.15) is 0 Å². The second kappa shape index (κ2) is 6.00. The molecule has 1 aliphatic heterocycles. The lowest BCUT2D eigenvalue weighted by molar-refractivity contribution is 0.0956. The first-order valence-electron chi connectivity index (χ1n) is 7.48. The van der Waals surface area contributed by atoms with Gasteiger partial charge in [0.25, 0.3) is 5.91 Å². The summed E-state index contributed by atoms with van der Waals surface area (Å²) in [6.07, 6.45) is 1.03. The van der Waals surface area contributed by atoms with E-state index in [0.29, 0.717) is 6.54 Å². The lowest BCUT2D eigenvalue weighted by atomic mass is 9.98. The predicted molar refractivity (Wildman–Crippen MR) is 85.6 cm³/mol. The van der Waals surface area contributed by atoms with Crippen LogP contribution < -0.4 is 10.2 Å². The lowest BCUT2D eigenvalue weighted by Gasteiger charge is -2.32. The second-order valence-corrected chi connectivity index (χ2v) is 5.32. The van der Waals surface area contributed by atoms with Gasteiger partial charge >= 0.3 is 0 Å². The van der Waals surface area contributed by atoms with Crippen molar-refractivity contribution < 1.29 is 4.79 Å². The van der Waals surface area contributed by atoms with Crippen molar-refractivity contribution in [3.05, 3.63) is 65.2 Å². The highest BCUT2D eigenvalue weighted by Crippen LogP contribution is 2.27. The monoisotopic (exact) mass is 280 g/mol. The van der Waals surface area contributed by atoms with Gasteiger partial charge in [0.15, 0.2) is 0 Å². The number of fused-ring (bicyclic) bond motifs is 1. The van der Waals surface area contributed by atoms with Gasteiger partial charge in [-0.15, -0.1) is 0 Å². The first kappa shape index (κ1) is 13.7. The molecule has 0 saturated carbocycles. The third-order valence-electron chi connectivity index (χ3n) is 3.96. The number of carbonyl (C=O) groups is 1. The molecule has 0 fully saturated rings. The van der Waals surface area contributed by atoms with E-state index in [1.165, 1.54) is 11.1 Å². The number of benzene rings is 2. The molecule has 1 N–H and O–H groups in total. The summed E-state index contributed by atoms with van der Waals surface area (Å²) in [5.41, 5.74) is 4.57. The van der Waals surface area contributed by atoms with E-state index < -0.39 is 0 Å². The Morgan fingerprint density at radius 3 is 2.62 bits per heavy atom. The van der Waals surface area contributed by atoms with E-state index in [9.17, 15) is 4.79 Å². The van der Waals surface area contributed by atoms with Crippen LogP contribution in [0.2, 0.25) is 0 Å². The minimum atomic E-state index is 0.00644. The van der Waals surface area contributed by atoms with Crippen LogP contribution in [-0.4, -0.2) is 19.0 Å². The summed E-state index contributed by atoms with van der Waals surface area (Å²) in [7, 11) is 0. The standard InChI is InChI=1S/C18H20N2O/c1-2-19-18(21)16-9-5-6-10-17(16)20-12-11-14-7-3-4-8-15(14)13-20/h3-10H,2,11-13H2,1H3,(H,19,21). The highest BCUT2D eigenvalue weighted by Gasteiger charge is 2.20. The number of nitrogens with one attached hydrogen (secondary N) is 1. The smallest absolute Gasteiger partial charge is 0.253 e. The zero-order chi connectivity index (χ0) is 14.7. The molecule has 0 aliphatic carbocycles.